The number of rotatable bonds is 9. The Hall–Kier alpha value is -1.46. The number of amides is 1. The lowest BCUT2D eigenvalue weighted by Gasteiger charge is -2.19. The van der Waals surface area contributed by atoms with E-state index in [0.29, 0.717) is 25.4 Å². The minimum absolute atomic E-state index is 0.00200. The van der Waals surface area contributed by atoms with E-state index < -0.39 is 0 Å². The lowest BCUT2D eigenvalue weighted by molar-refractivity contribution is -0.128. The number of aliphatic hydroxyl groups excluding tert-OH is 1. The predicted molar refractivity (Wildman–Crippen MR) is 82.2 cm³/mol. The maximum absolute atomic E-state index is 12.0. The van der Waals surface area contributed by atoms with Gasteiger partial charge in [-0.1, -0.05) is 6.08 Å². The fraction of sp³-hybridized carbons (Fsp3) is 0.400. The van der Waals surface area contributed by atoms with E-state index in [1.165, 1.54) is 11.8 Å². The third-order valence-electron chi connectivity index (χ3n) is 2.57. The van der Waals surface area contributed by atoms with Crippen molar-refractivity contribution in [3.8, 4) is 5.75 Å². The van der Waals surface area contributed by atoms with Gasteiger partial charge in [0.15, 0.2) is 0 Å². The molecule has 0 bridgehead atoms. The number of ether oxygens (including phenoxy) is 1. The van der Waals surface area contributed by atoms with Crippen LogP contribution in [0, 0.1) is 0 Å². The molecule has 5 heteroatoms. The summed E-state index contributed by atoms with van der Waals surface area (Å²) in [4.78, 5) is 14.6. The maximum atomic E-state index is 12.0. The van der Waals surface area contributed by atoms with Gasteiger partial charge in [0.2, 0.25) is 5.91 Å². The van der Waals surface area contributed by atoms with Gasteiger partial charge < -0.3 is 14.7 Å². The summed E-state index contributed by atoms with van der Waals surface area (Å²) in [5.41, 5.74) is 0. The summed E-state index contributed by atoms with van der Waals surface area (Å²) < 4.78 is 5.37. The van der Waals surface area contributed by atoms with Gasteiger partial charge in [0.1, 0.15) is 5.75 Å². The van der Waals surface area contributed by atoms with Gasteiger partial charge >= 0.3 is 0 Å². The molecule has 0 saturated heterocycles. The number of hydrogen-bond donors (Lipinski definition) is 1. The molecular formula is C15H21NO3S. The van der Waals surface area contributed by atoms with E-state index >= 15 is 0 Å². The molecule has 4 nitrogen and oxygen atoms in total. The smallest absolute Gasteiger partial charge is 0.233 e. The van der Waals surface area contributed by atoms with E-state index in [1.54, 1.807) is 11.0 Å². The van der Waals surface area contributed by atoms with Crippen LogP contribution in [0.25, 0.3) is 0 Å². The molecule has 1 N–H and O–H groups in total. The van der Waals surface area contributed by atoms with Gasteiger partial charge in [-0.3, -0.25) is 4.79 Å². The van der Waals surface area contributed by atoms with E-state index in [-0.39, 0.29) is 12.5 Å². The van der Waals surface area contributed by atoms with E-state index in [9.17, 15) is 4.79 Å². The molecule has 0 saturated carbocycles. The third-order valence-corrected chi connectivity index (χ3v) is 3.57. The fourth-order valence-corrected chi connectivity index (χ4v) is 2.43. The molecule has 0 fully saturated rings. The normalized spacial score (nSPS) is 10.1. The Balaban J connectivity index is 2.48. The van der Waals surface area contributed by atoms with Crippen LogP contribution in [-0.2, 0) is 4.79 Å². The summed E-state index contributed by atoms with van der Waals surface area (Å²) in [6, 6.07) is 7.66. The molecule has 0 heterocycles. The standard InChI is InChI=1S/C15H21NO3S/c1-3-9-16(10-11-17)15(18)12-20-14-7-5-13(6-8-14)19-4-2/h3,5-8,17H,1,4,9-12H2,2H3. The van der Waals surface area contributed by atoms with E-state index in [1.807, 2.05) is 31.2 Å². The average molecular weight is 295 g/mol. The van der Waals surface area contributed by atoms with Crippen LogP contribution in [0.2, 0.25) is 0 Å². The van der Waals surface area contributed by atoms with Crippen LogP contribution in [0.15, 0.2) is 41.8 Å². The van der Waals surface area contributed by atoms with E-state index in [0.717, 1.165) is 10.6 Å². The summed E-state index contributed by atoms with van der Waals surface area (Å²) >= 11 is 1.47. The van der Waals surface area contributed by atoms with Crippen molar-refractivity contribution in [1.82, 2.24) is 4.90 Å². The Morgan fingerprint density at radius 2 is 2.15 bits per heavy atom. The van der Waals surface area contributed by atoms with Gasteiger partial charge in [0.25, 0.3) is 0 Å². The van der Waals surface area contributed by atoms with Crippen LogP contribution < -0.4 is 4.74 Å². The van der Waals surface area contributed by atoms with Crippen LogP contribution in [0.1, 0.15) is 6.92 Å². The number of benzene rings is 1. The van der Waals surface area contributed by atoms with Crippen molar-refractivity contribution >= 4 is 17.7 Å². The topological polar surface area (TPSA) is 49.8 Å². The van der Waals surface area contributed by atoms with Crippen molar-refractivity contribution in [1.29, 1.82) is 0 Å². The van der Waals surface area contributed by atoms with Crippen molar-refractivity contribution < 1.29 is 14.6 Å². The second-order valence-electron chi connectivity index (χ2n) is 4.05. The Kier molecular flexibility index (Phi) is 7.84. The summed E-state index contributed by atoms with van der Waals surface area (Å²) in [6.45, 7) is 6.97. The highest BCUT2D eigenvalue weighted by Gasteiger charge is 2.11. The highest BCUT2D eigenvalue weighted by atomic mass is 32.2. The predicted octanol–water partition coefficient (Wildman–Crippen LogP) is 2.18. The first kappa shape index (κ1) is 16.6. The van der Waals surface area contributed by atoms with Gasteiger partial charge in [-0.05, 0) is 31.2 Å². The Labute approximate surface area is 124 Å². The SMILES string of the molecule is C=CCN(CCO)C(=O)CSc1ccc(OCC)cc1. The van der Waals surface area contributed by atoms with Gasteiger partial charge in [-0.25, -0.2) is 0 Å². The van der Waals surface area contributed by atoms with Gasteiger partial charge in [0, 0.05) is 18.0 Å². The molecular weight excluding hydrogens is 274 g/mol. The third kappa shape index (κ3) is 5.67. The molecule has 0 aliphatic rings. The minimum atomic E-state index is -0.0344. The first-order valence-electron chi connectivity index (χ1n) is 6.56. The van der Waals surface area contributed by atoms with E-state index in [4.69, 9.17) is 9.84 Å². The van der Waals surface area contributed by atoms with Crippen LogP contribution in [-0.4, -0.2) is 48.0 Å². The first-order valence-corrected chi connectivity index (χ1v) is 7.55. The molecule has 0 aliphatic heterocycles. The van der Waals surface area contributed by atoms with Crippen LogP contribution >= 0.6 is 11.8 Å². The lowest BCUT2D eigenvalue weighted by atomic mass is 10.3. The zero-order valence-electron chi connectivity index (χ0n) is 11.7. The molecule has 1 aromatic carbocycles. The van der Waals surface area contributed by atoms with Crippen molar-refractivity contribution in [2.75, 3.05) is 32.1 Å². The molecule has 0 aliphatic carbocycles. The molecule has 0 unspecified atom stereocenters. The second kappa shape index (κ2) is 9.44. The molecule has 1 rings (SSSR count). The Bertz CT molecular complexity index is 420. The van der Waals surface area contributed by atoms with Gasteiger partial charge in [0.05, 0.1) is 19.0 Å². The zero-order valence-corrected chi connectivity index (χ0v) is 12.6. The quantitative estimate of drug-likeness (QED) is 0.560. The van der Waals surface area contributed by atoms with Crippen molar-refractivity contribution in [2.45, 2.75) is 11.8 Å². The summed E-state index contributed by atoms with van der Waals surface area (Å²) in [5, 5.41) is 8.93. The summed E-state index contributed by atoms with van der Waals surface area (Å²) in [7, 11) is 0. The largest absolute Gasteiger partial charge is 0.494 e. The van der Waals surface area contributed by atoms with Crippen LogP contribution in [0.4, 0.5) is 0 Å². The zero-order chi connectivity index (χ0) is 14.8. The molecule has 1 amide bonds. The number of hydrogen-bond acceptors (Lipinski definition) is 4. The van der Waals surface area contributed by atoms with Crippen molar-refractivity contribution in [3.05, 3.63) is 36.9 Å². The Morgan fingerprint density at radius 3 is 2.70 bits per heavy atom. The fourth-order valence-electron chi connectivity index (χ4n) is 1.63. The van der Waals surface area contributed by atoms with Gasteiger partial charge in [-0.15, -0.1) is 18.3 Å². The van der Waals surface area contributed by atoms with Crippen molar-refractivity contribution in [3.63, 3.8) is 0 Å². The number of nitrogens with zero attached hydrogens (tertiary/aromatic N) is 1. The summed E-state index contributed by atoms with van der Waals surface area (Å²) in [5.74, 6) is 1.18. The molecule has 1 aromatic rings. The summed E-state index contributed by atoms with van der Waals surface area (Å²) in [6.07, 6.45) is 1.66. The van der Waals surface area contributed by atoms with Crippen molar-refractivity contribution in [2.24, 2.45) is 0 Å². The van der Waals surface area contributed by atoms with E-state index in [2.05, 4.69) is 6.58 Å². The molecule has 0 atom stereocenters. The Morgan fingerprint density at radius 1 is 1.45 bits per heavy atom. The van der Waals surface area contributed by atoms with Gasteiger partial charge in [-0.2, -0.15) is 0 Å². The highest BCUT2D eigenvalue weighted by molar-refractivity contribution is 8.00. The monoisotopic (exact) mass is 295 g/mol. The molecule has 110 valence electrons. The lowest BCUT2D eigenvalue weighted by Crippen LogP contribution is -2.34. The van der Waals surface area contributed by atoms with Crippen LogP contribution in [0.5, 0.6) is 5.75 Å². The number of aliphatic hydroxyl groups is 1. The maximum Gasteiger partial charge on any atom is 0.233 e. The number of carbonyl (C=O) groups is 1. The number of thioether (sulfide) groups is 1. The molecule has 0 radical (unpaired) electrons. The molecule has 0 spiro atoms. The molecule has 0 aromatic heterocycles. The second-order valence-corrected chi connectivity index (χ2v) is 5.09. The first-order chi connectivity index (χ1) is 9.71. The number of carbonyl (C=O) groups excluding carboxylic acids is 1. The van der Waals surface area contributed by atoms with Crippen LogP contribution in [0.3, 0.4) is 0 Å². The highest BCUT2D eigenvalue weighted by Crippen LogP contribution is 2.21. The minimum Gasteiger partial charge on any atom is -0.494 e. The molecule has 20 heavy (non-hydrogen) atoms. The average Bonchev–Trinajstić information content (AvgIpc) is 2.46.